The number of fused-ring (bicyclic) bond motifs is 1. The quantitative estimate of drug-likeness (QED) is 0.717. The fourth-order valence-electron chi connectivity index (χ4n) is 1.77. The van der Waals surface area contributed by atoms with Gasteiger partial charge in [-0.2, -0.15) is 0 Å². The van der Waals surface area contributed by atoms with Gasteiger partial charge in [-0.25, -0.2) is 0 Å². The Morgan fingerprint density at radius 2 is 2.38 bits per heavy atom. The zero-order valence-corrected chi connectivity index (χ0v) is 7.36. The average Bonchev–Trinajstić information content (AvgIpc) is 2.51. The molecular formula is C10H13NO2. The van der Waals surface area contributed by atoms with E-state index in [4.69, 9.17) is 10.5 Å². The normalized spacial score (nSPS) is 19.6. The van der Waals surface area contributed by atoms with Crippen LogP contribution in [0.15, 0.2) is 18.2 Å². The molecule has 0 aliphatic carbocycles. The van der Waals surface area contributed by atoms with Crippen LogP contribution in [0.4, 0.5) is 0 Å². The number of rotatable bonds is 2. The number of nitrogens with two attached hydrogens (primary N) is 1. The van der Waals surface area contributed by atoms with E-state index in [9.17, 15) is 5.11 Å². The van der Waals surface area contributed by atoms with Crippen molar-refractivity contribution in [3.05, 3.63) is 23.8 Å². The molecule has 0 aromatic heterocycles. The Morgan fingerprint density at radius 3 is 3.15 bits per heavy atom. The second-order valence-corrected chi connectivity index (χ2v) is 3.27. The molecule has 1 aliphatic rings. The highest BCUT2D eigenvalue weighted by molar-refractivity contribution is 5.48. The third kappa shape index (κ3) is 1.35. The molecule has 70 valence electrons. The Hall–Kier alpha value is -1.22. The monoisotopic (exact) mass is 179 g/mol. The molecule has 0 saturated heterocycles. The van der Waals surface area contributed by atoms with E-state index in [1.807, 2.05) is 6.07 Å². The number of phenols is 1. The summed E-state index contributed by atoms with van der Waals surface area (Å²) in [5, 5.41) is 9.61. The molecular weight excluding hydrogens is 166 g/mol. The van der Waals surface area contributed by atoms with Crippen molar-refractivity contribution in [1.82, 2.24) is 0 Å². The smallest absolute Gasteiger partial charge is 0.126 e. The maximum atomic E-state index is 9.61. The van der Waals surface area contributed by atoms with Gasteiger partial charge < -0.3 is 15.6 Å². The summed E-state index contributed by atoms with van der Waals surface area (Å²) in [7, 11) is 0. The zero-order valence-electron chi connectivity index (χ0n) is 7.36. The van der Waals surface area contributed by atoms with Gasteiger partial charge in [0.15, 0.2) is 0 Å². The van der Waals surface area contributed by atoms with Crippen LogP contribution >= 0.6 is 0 Å². The van der Waals surface area contributed by atoms with Crippen molar-refractivity contribution >= 4 is 0 Å². The number of benzene rings is 1. The fourth-order valence-corrected chi connectivity index (χ4v) is 1.77. The molecule has 3 heteroatoms. The topological polar surface area (TPSA) is 55.5 Å². The van der Waals surface area contributed by atoms with Crippen molar-refractivity contribution in [3.8, 4) is 11.5 Å². The van der Waals surface area contributed by atoms with Crippen LogP contribution in [-0.2, 0) is 0 Å². The van der Waals surface area contributed by atoms with Gasteiger partial charge in [-0.15, -0.1) is 0 Å². The summed E-state index contributed by atoms with van der Waals surface area (Å²) in [6, 6.07) is 5.36. The Kier molecular flexibility index (Phi) is 2.10. The Balaban J connectivity index is 2.34. The molecule has 0 fully saturated rings. The van der Waals surface area contributed by atoms with Gasteiger partial charge in [0.05, 0.1) is 6.61 Å². The van der Waals surface area contributed by atoms with Crippen LogP contribution in [0.25, 0.3) is 0 Å². The van der Waals surface area contributed by atoms with Gasteiger partial charge in [0.2, 0.25) is 0 Å². The summed E-state index contributed by atoms with van der Waals surface area (Å²) in [6.07, 6.45) is 0.866. The van der Waals surface area contributed by atoms with E-state index in [1.54, 1.807) is 12.1 Å². The molecule has 1 unspecified atom stereocenters. The van der Waals surface area contributed by atoms with E-state index < -0.39 is 0 Å². The molecule has 2 rings (SSSR count). The number of hydrogen-bond donors (Lipinski definition) is 2. The maximum Gasteiger partial charge on any atom is 0.126 e. The van der Waals surface area contributed by atoms with Gasteiger partial charge in [0.1, 0.15) is 11.5 Å². The minimum atomic E-state index is 0.265. The SMILES string of the molecule is NCCC1COc2cccc(O)c21. The second-order valence-electron chi connectivity index (χ2n) is 3.27. The predicted molar refractivity (Wildman–Crippen MR) is 50.0 cm³/mol. The molecule has 0 radical (unpaired) electrons. The maximum absolute atomic E-state index is 9.61. The molecule has 3 nitrogen and oxygen atoms in total. The second kappa shape index (κ2) is 3.26. The summed E-state index contributed by atoms with van der Waals surface area (Å²) >= 11 is 0. The van der Waals surface area contributed by atoms with Gasteiger partial charge in [0.25, 0.3) is 0 Å². The first-order chi connectivity index (χ1) is 6.33. The summed E-state index contributed by atoms with van der Waals surface area (Å²) in [6.45, 7) is 1.27. The highest BCUT2D eigenvalue weighted by Crippen LogP contribution is 2.40. The average molecular weight is 179 g/mol. The third-order valence-electron chi connectivity index (χ3n) is 2.41. The molecule has 0 bridgehead atoms. The molecule has 1 atom stereocenters. The molecule has 3 N–H and O–H groups in total. The van der Waals surface area contributed by atoms with Crippen LogP contribution in [-0.4, -0.2) is 18.3 Å². The van der Waals surface area contributed by atoms with Crippen LogP contribution in [0.2, 0.25) is 0 Å². The van der Waals surface area contributed by atoms with Crippen molar-refractivity contribution in [2.45, 2.75) is 12.3 Å². The predicted octanol–water partition coefficient (Wildman–Crippen LogP) is 1.22. The number of aromatic hydroxyl groups is 1. The van der Waals surface area contributed by atoms with E-state index in [0.29, 0.717) is 18.9 Å². The van der Waals surface area contributed by atoms with Crippen molar-refractivity contribution in [3.63, 3.8) is 0 Å². The Labute approximate surface area is 77.1 Å². The molecule has 1 heterocycles. The Bertz CT molecular complexity index is 310. The van der Waals surface area contributed by atoms with Gasteiger partial charge in [-0.1, -0.05) is 6.07 Å². The molecule has 1 aromatic carbocycles. The first-order valence-corrected chi connectivity index (χ1v) is 4.47. The lowest BCUT2D eigenvalue weighted by atomic mass is 9.97. The first kappa shape index (κ1) is 8.38. The minimum absolute atomic E-state index is 0.265. The first-order valence-electron chi connectivity index (χ1n) is 4.47. The molecule has 1 aliphatic heterocycles. The summed E-state index contributed by atoms with van der Waals surface area (Å²) in [5.41, 5.74) is 6.40. The van der Waals surface area contributed by atoms with Crippen LogP contribution in [0.1, 0.15) is 17.9 Å². The minimum Gasteiger partial charge on any atom is -0.508 e. The van der Waals surface area contributed by atoms with Gasteiger partial charge in [-0.3, -0.25) is 0 Å². The standard InChI is InChI=1S/C10H13NO2/c11-5-4-7-6-13-9-3-1-2-8(12)10(7)9/h1-3,7,12H,4-6,11H2. The molecule has 13 heavy (non-hydrogen) atoms. The van der Waals surface area contributed by atoms with E-state index in [-0.39, 0.29) is 5.92 Å². The van der Waals surface area contributed by atoms with Gasteiger partial charge in [-0.05, 0) is 25.1 Å². The summed E-state index contributed by atoms with van der Waals surface area (Å²) in [4.78, 5) is 0. The van der Waals surface area contributed by atoms with Gasteiger partial charge in [0, 0.05) is 11.5 Å². The molecule has 1 aromatic rings. The van der Waals surface area contributed by atoms with E-state index >= 15 is 0 Å². The lowest BCUT2D eigenvalue weighted by Crippen LogP contribution is -2.08. The lowest BCUT2D eigenvalue weighted by Gasteiger charge is -2.07. The number of hydrogen-bond acceptors (Lipinski definition) is 3. The fraction of sp³-hybridized carbons (Fsp3) is 0.400. The van der Waals surface area contributed by atoms with Crippen LogP contribution in [0.5, 0.6) is 11.5 Å². The van der Waals surface area contributed by atoms with E-state index in [0.717, 1.165) is 17.7 Å². The number of phenolic OH excluding ortho intramolecular Hbond substituents is 1. The van der Waals surface area contributed by atoms with Crippen molar-refractivity contribution < 1.29 is 9.84 Å². The Morgan fingerprint density at radius 1 is 1.54 bits per heavy atom. The summed E-state index contributed by atoms with van der Waals surface area (Å²) < 4.78 is 5.43. The van der Waals surface area contributed by atoms with Gasteiger partial charge >= 0.3 is 0 Å². The van der Waals surface area contributed by atoms with E-state index in [1.165, 1.54) is 0 Å². The lowest BCUT2D eigenvalue weighted by molar-refractivity contribution is 0.326. The molecule has 0 saturated carbocycles. The highest BCUT2D eigenvalue weighted by Gasteiger charge is 2.26. The zero-order chi connectivity index (χ0) is 9.26. The van der Waals surface area contributed by atoms with Crippen LogP contribution < -0.4 is 10.5 Å². The molecule has 0 spiro atoms. The van der Waals surface area contributed by atoms with Crippen molar-refractivity contribution in [2.24, 2.45) is 5.73 Å². The van der Waals surface area contributed by atoms with Crippen LogP contribution in [0.3, 0.4) is 0 Å². The number of ether oxygens (including phenoxy) is 1. The van der Waals surface area contributed by atoms with E-state index in [2.05, 4.69) is 0 Å². The largest absolute Gasteiger partial charge is 0.508 e. The summed E-state index contributed by atoms with van der Waals surface area (Å²) in [5.74, 6) is 1.40. The van der Waals surface area contributed by atoms with Crippen molar-refractivity contribution in [1.29, 1.82) is 0 Å². The van der Waals surface area contributed by atoms with Crippen LogP contribution in [0, 0.1) is 0 Å². The van der Waals surface area contributed by atoms with Crippen molar-refractivity contribution in [2.75, 3.05) is 13.2 Å². The highest BCUT2D eigenvalue weighted by atomic mass is 16.5. The molecule has 0 amide bonds. The third-order valence-corrected chi connectivity index (χ3v) is 2.41.